The molecular formula is C23H19ClN6O2. The summed E-state index contributed by atoms with van der Waals surface area (Å²) >= 11 is 6.23. The summed E-state index contributed by atoms with van der Waals surface area (Å²) in [5.74, 6) is -0.405. The largest absolute Gasteiger partial charge is 0.392 e. The number of hydrogen-bond acceptors (Lipinski definition) is 6. The normalized spacial score (nSPS) is 11.8. The van der Waals surface area contributed by atoms with E-state index in [9.17, 15) is 15.2 Å². The molecule has 0 aliphatic carbocycles. The van der Waals surface area contributed by atoms with Crippen molar-refractivity contribution in [3.8, 4) is 28.5 Å². The first-order chi connectivity index (χ1) is 15.4. The molecule has 3 heterocycles. The smallest absolute Gasteiger partial charge is 0.270 e. The van der Waals surface area contributed by atoms with Crippen LogP contribution < -0.4 is 5.32 Å². The first-order valence-corrected chi connectivity index (χ1v) is 10.2. The fourth-order valence-corrected chi connectivity index (χ4v) is 3.61. The Morgan fingerprint density at radius 1 is 1.25 bits per heavy atom. The number of pyridine rings is 1. The van der Waals surface area contributed by atoms with Crippen LogP contribution in [-0.2, 0) is 0 Å². The molecule has 8 nitrogen and oxygen atoms in total. The summed E-state index contributed by atoms with van der Waals surface area (Å²) in [7, 11) is 0. The zero-order valence-electron chi connectivity index (χ0n) is 17.4. The van der Waals surface area contributed by atoms with Crippen molar-refractivity contribution in [3.05, 3.63) is 70.8 Å². The molecule has 1 aromatic carbocycles. The van der Waals surface area contributed by atoms with Crippen LogP contribution >= 0.6 is 11.6 Å². The van der Waals surface area contributed by atoms with Gasteiger partial charge in [0.2, 0.25) is 0 Å². The highest BCUT2D eigenvalue weighted by Gasteiger charge is 2.20. The summed E-state index contributed by atoms with van der Waals surface area (Å²) < 4.78 is 1.58. The standard InChI is InChI=1S/C23H19ClN6O2/c1-13-8-17(10-19(24)27-13)20-21(16-5-3-4-15(9-16)11-25)29-30-7-6-18(28-22(20)30)23(32)26-12-14(2)31/h3-10,14,31H,12H2,1-2H3,(H,26,32)/t14-/m1/s1. The van der Waals surface area contributed by atoms with Crippen molar-refractivity contribution in [1.29, 1.82) is 5.26 Å². The van der Waals surface area contributed by atoms with Gasteiger partial charge in [-0.15, -0.1) is 0 Å². The van der Waals surface area contributed by atoms with Gasteiger partial charge in [0.25, 0.3) is 5.91 Å². The topological polar surface area (TPSA) is 116 Å². The average Bonchev–Trinajstić information content (AvgIpc) is 3.15. The van der Waals surface area contributed by atoms with Crippen molar-refractivity contribution < 1.29 is 9.90 Å². The number of aryl methyl sites for hydroxylation is 1. The first-order valence-electron chi connectivity index (χ1n) is 9.86. The SMILES string of the molecule is Cc1cc(-c2c(-c3cccc(C#N)c3)nn3ccc(C(=O)NC[C@@H](C)O)nc23)cc(Cl)n1. The second kappa shape index (κ2) is 8.75. The molecule has 0 saturated heterocycles. The first kappa shape index (κ1) is 21.4. The van der Waals surface area contributed by atoms with Gasteiger partial charge in [0.05, 0.1) is 23.3 Å². The number of carbonyl (C=O) groups is 1. The van der Waals surface area contributed by atoms with E-state index in [0.29, 0.717) is 27.6 Å². The van der Waals surface area contributed by atoms with Crippen LogP contribution in [0.25, 0.3) is 28.0 Å². The Labute approximate surface area is 189 Å². The van der Waals surface area contributed by atoms with E-state index in [1.165, 1.54) is 0 Å². The van der Waals surface area contributed by atoms with Gasteiger partial charge in [0.15, 0.2) is 5.65 Å². The van der Waals surface area contributed by atoms with Crippen LogP contribution in [0.3, 0.4) is 0 Å². The van der Waals surface area contributed by atoms with Gasteiger partial charge < -0.3 is 10.4 Å². The van der Waals surface area contributed by atoms with Crippen LogP contribution in [0.4, 0.5) is 0 Å². The lowest BCUT2D eigenvalue weighted by atomic mass is 10.00. The van der Waals surface area contributed by atoms with Crippen molar-refractivity contribution in [2.75, 3.05) is 6.54 Å². The predicted octanol–water partition coefficient (Wildman–Crippen LogP) is 3.40. The maximum absolute atomic E-state index is 12.5. The fraction of sp³-hybridized carbons (Fsp3) is 0.174. The second-order valence-electron chi connectivity index (χ2n) is 7.38. The summed E-state index contributed by atoms with van der Waals surface area (Å²) in [5, 5.41) is 26.4. The number of benzene rings is 1. The lowest BCUT2D eigenvalue weighted by molar-refractivity contribution is 0.0919. The molecule has 160 valence electrons. The van der Waals surface area contributed by atoms with Crippen molar-refractivity contribution in [1.82, 2.24) is 24.9 Å². The molecule has 0 bridgehead atoms. The molecule has 0 aliphatic heterocycles. The van der Waals surface area contributed by atoms with Crippen molar-refractivity contribution in [3.63, 3.8) is 0 Å². The van der Waals surface area contributed by atoms with Crippen LogP contribution in [0.1, 0.15) is 28.7 Å². The van der Waals surface area contributed by atoms with E-state index < -0.39 is 12.0 Å². The molecule has 1 amide bonds. The Balaban J connectivity index is 1.95. The minimum Gasteiger partial charge on any atom is -0.392 e. The van der Waals surface area contributed by atoms with E-state index in [-0.39, 0.29) is 12.2 Å². The highest BCUT2D eigenvalue weighted by molar-refractivity contribution is 6.29. The van der Waals surface area contributed by atoms with E-state index in [1.54, 1.807) is 48.0 Å². The molecule has 9 heteroatoms. The van der Waals surface area contributed by atoms with Gasteiger partial charge >= 0.3 is 0 Å². The number of aromatic nitrogens is 4. The van der Waals surface area contributed by atoms with Crippen LogP contribution in [0.5, 0.6) is 0 Å². The summed E-state index contributed by atoms with van der Waals surface area (Å²) in [4.78, 5) is 21.3. The number of rotatable bonds is 5. The maximum Gasteiger partial charge on any atom is 0.270 e. The van der Waals surface area contributed by atoms with Crippen LogP contribution in [-0.4, -0.2) is 43.2 Å². The highest BCUT2D eigenvalue weighted by atomic mass is 35.5. The predicted molar refractivity (Wildman–Crippen MR) is 120 cm³/mol. The third-order valence-electron chi connectivity index (χ3n) is 4.75. The van der Waals surface area contributed by atoms with Gasteiger partial charge in [-0.1, -0.05) is 23.7 Å². The molecule has 3 aromatic heterocycles. The van der Waals surface area contributed by atoms with E-state index >= 15 is 0 Å². The van der Waals surface area contributed by atoms with Gasteiger partial charge in [-0.25, -0.2) is 14.5 Å². The minimum atomic E-state index is -0.672. The zero-order chi connectivity index (χ0) is 22.8. The van der Waals surface area contributed by atoms with E-state index in [2.05, 4.69) is 26.5 Å². The van der Waals surface area contributed by atoms with Gasteiger partial charge in [0.1, 0.15) is 16.5 Å². The quantitative estimate of drug-likeness (QED) is 0.454. The van der Waals surface area contributed by atoms with Crippen LogP contribution in [0.15, 0.2) is 48.7 Å². The highest BCUT2D eigenvalue weighted by Crippen LogP contribution is 2.35. The molecule has 0 saturated carbocycles. The minimum absolute atomic E-state index is 0.114. The number of fused-ring (bicyclic) bond motifs is 1. The molecule has 32 heavy (non-hydrogen) atoms. The average molecular weight is 447 g/mol. The second-order valence-corrected chi connectivity index (χ2v) is 7.76. The van der Waals surface area contributed by atoms with Gasteiger partial charge in [-0.05, 0) is 49.7 Å². The van der Waals surface area contributed by atoms with Crippen molar-refractivity contribution in [2.45, 2.75) is 20.0 Å². The van der Waals surface area contributed by atoms with Crippen molar-refractivity contribution >= 4 is 23.2 Å². The monoisotopic (exact) mass is 446 g/mol. The summed E-state index contributed by atoms with van der Waals surface area (Å²) in [5.41, 5.74) is 4.59. The lowest BCUT2D eigenvalue weighted by Crippen LogP contribution is -2.31. The Morgan fingerprint density at radius 3 is 2.78 bits per heavy atom. The molecule has 0 spiro atoms. The Bertz CT molecular complexity index is 1350. The number of amides is 1. The summed E-state index contributed by atoms with van der Waals surface area (Å²) in [6, 6.07) is 14.4. The zero-order valence-corrected chi connectivity index (χ0v) is 18.1. The maximum atomic E-state index is 12.5. The summed E-state index contributed by atoms with van der Waals surface area (Å²) in [6.45, 7) is 3.53. The Morgan fingerprint density at radius 2 is 2.06 bits per heavy atom. The van der Waals surface area contributed by atoms with Crippen molar-refractivity contribution in [2.24, 2.45) is 0 Å². The molecule has 0 aliphatic rings. The third-order valence-corrected chi connectivity index (χ3v) is 4.95. The summed E-state index contributed by atoms with van der Waals surface area (Å²) in [6.07, 6.45) is 0.977. The number of hydrogen-bond donors (Lipinski definition) is 2. The Kier molecular flexibility index (Phi) is 5.86. The molecule has 0 fully saturated rings. The fourth-order valence-electron chi connectivity index (χ4n) is 3.36. The number of nitrogens with zero attached hydrogens (tertiary/aromatic N) is 5. The number of aliphatic hydroxyl groups excluding tert-OH is 1. The third kappa shape index (κ3) is 4.30. The van der Waals surface area contributed by atoms with Crippen LogP contribution in [0, 0.1) is 18.3 Å². The van der Waals surface area contributed by atoms with E-state index in [4.69, 9.17) is 11.6 Å². The number of nitrogens with one attached hydrogen (secondary N) is 1. The van der Waals surface area contributed by atoms with E-state index in [1.807, 2.05) is 19.1 Å². The molecule has 0 unspecified atom stereocenters. The number of aliphatic hydroxyl groups is 1. The van der Waals surface area contributed by atoms with Crippen LogP contribution in [0.2, 0.25) is 5.15 Å². The van der Waals surface area contributed by atoms with Gasteiger partial charge in [-0.2, -0.15) is 10.4 Å². The number of halogens is 1. The lowest BCUT2D eigenvalue weighted by Gasteiger charge is -2.08. The molecule has 4 aromatic rings. The van der Waals surface area contributed by atoms with Gasteiger partial charge in [0, 0.05) is 24.0 Å². The molecule has 4 rings (SSSR count). The molecule has 1 atom stereocenters. The van der Waals surface area contributed by atoms with Gasteiger partial charge in [-0.3, -0.25) is 4.79 Å². The molecular weight excluding hydrogens is 428 g/mol. The number of nitriles is 1. The molecule has 0 radical (unpaired) electrons. The Hall–Kier alpha value is -3.80. The van der Waals surface area contributed by atoms with E-state index in [0.717, 1.165) is 16.8 Å². The number of carbonyl (C=O) groups excluding carboxylic acids is 1. The molecule has 2 N–H and O–H groups in total.